The highest BCUT2D eigenvalue weighted by Crippen LogP contribution is 2.46. The number of aromatic nitrogens is 3. The number of rotatable bonds is 6. The van der Waals surface area contributed by atoms with Crippen LogP contribution < -0.4 is 11.1 Å². The zero-order chi connectivity index (χ0) is 23.2. The van der Waals surface area contributed by atoms with Gasteiger partial charge in [-0.15, -0.1) is 0 Å². The minimum atomic E-state index is -0.252. The molecule has 4 unspecified atom stereocenters. The van der Waals surface area contributed by atoms with Crippen molar-refractivity contribution in [3.63, 3.8) is 0 Å². The van der Waals surface area contributed by atoms with Crippen LogP contribution in [0, 0.1) is 17.8 Å². The fraction of sp³-hybridized carbons (Fsp3) is 0.400. The van der Waals surface area contributed by atoms with Gasteiger partial charge in [0.15, 0.2) is 5.65 Å². The highest BCUT2D eigenvalue weighted by Gasteiger charge is 2.47. The predicted molar refractivity (Wildman–Crippen MR) is 134 cm³/mol. The van der Waals surface area contributed by atoms with Crippen LogP contribution in [0.3, 0.4) is 0 Å². The lowest BCUT2D eigenvalue weighted by molar-refractivity contribution is -0.122. The summed E-state index contributed by atoms with van der Waals surface area (Å²) in [4.78, 5) is 27.3. The summed E-state index contributed by atoms with van der Waals surface area (Å²) in [6.07, 6.45) is 7.04. The van der Waals surface area contributed by atoms with E-state index in [0.29, 0.717) is 11.6 Å². The van der Waals surface area contributed by atoms with Crippen LogP contribution in [0.5, 0.6) is 0 Å². The number of fused-ring (bicyclic) bond motifs is 3. The number of halogens is 1. The molecule has 0 radical (unpaired) electrons. The molecule has 2 fully saturated rings. The third-order valence-corrected chi connectivity index (χ3v) is 7.91. The summed E-state index contributed by atoms with van der Waals surface area (Å²) in [5.41, 5.74) is 10.4. The molecule has 3 aliphatic rings. The number of anilines is 1. The van der Waals surface area contributed by atoms with E-state index in [1.807, 2.05) is 0 Å². The lowest BCUT2D eigenvalue weighted by Crippen LogP contribution is -2.41. The Kier molecular flexibility index (Phi) is 5.63. The van der Waals surface area contributed by atoms with Gasteiger partial charge in [0.1, 0.15) is 11.3 Å². The van der Waals surface area contributed by atoms with Crippen molar-refractivity contribution in [3.05, 3.63) is 52.7 Å². The molecule has 176 valence electrons. The van der Waals surface area contributed by atoms with Gasteiger partial charge in [-0.05, 0) is 39.8 Å². The molecule has 1 amide bonds. The SMILES string of the molecule is NC(=O)C1C2C=CC(C2)C1Nc1c(Br)cnc2nc(-c3ccc(CN4CCOCC4)cc3)[nH]c12. The Morgan fingerprint density at radius 1 is 1.21 bits per heavy atom. The summed E-state index contributed by atoms with van der Waals surface area (Å²) in [6, 6.07) is 8.46. The Labute approximate surface area is 206 Å². The fourth-order valence-electron chi connectivity index (χ4n) is 5.57. The van der Waals surface area contributed by atoms with Crippen molar-refractivity contribution in [1.82, 2.24) is 19.9 Å². The van der Waals surface area contributed by atoms with Crippen molar-refractivity contribution in [1.29, 1.82) is 0 Å². The Balaban J connectivity index is 1.27. The highest BCUT2D eigenvalue weighted by molar-refractivity contribution is 9.10. The normalized spacial score (nSPS) is 26.4. The standard InChI is InChI=1S/C25H27BrN6O2/c26-18-12-28-25-22(21(18)29-20-17-6-5-16(11-17)19(20)23(27)33)30-24(31-25)15-3-1-14(2-4-15)13-32-7-9-34-10-8-32/h1-6,12,16-17,19-20H,7-11,13H2,(H2,27,33)(H2,28,29,30,31). The van der Waals surface area contributed by atoms with E-state index < -0.39 is 0 Å². The quantitative estimate of drug-likeness (QED) is 0.428. The average molecular weight is 523 g/mol. The summed E-state index contributed by atoms with van der Waals surface area (Å²) in [6.45, 7) is 4.46. The number of nitrogens with one attached hydrogen (secondary N) is 2. The number of imidazole rings is 1. The predicted octanol–water partition coefficient (Wildman–Crippen LogP) is 3.31. The van der Waals surface area contributed by atoms with E-state index >= 15 is 0 Å². The van der Waals surface area contributed by atoms with Crippen LogP contribution in [0.25, 0.3) is 22.6 Å². The van der Waals surface area contributed by atoms with Gasteiger partial charge in [0.2, 0.25) is 5.91 Å². The molecule has 2 aliphatic carbocycles. The largest absolute Gasteiger partial charge is 0.379 e. The van der Waals surface area contributed by atoms with Gasteiger partial charge >= 0.3 is 0 Å². The number of hydrogen-bond donors (Lipinski definition) is 3. The monoisotopic (exact) mass is 522 g/mol. The lowest BCUT2D eigenvalue weighted by atomic mass is 9.88. The van der Waals surface area contributed by atoms with Crippen LogP contribution >= 0.6 is 15.9 Å². The van der Waals surface area contributed by atoms with Gasteiger partial charge in [-0.1, -0.05) is 36.4 Å². The first-order chi connectivity index (χ1) is 16.6. The van der Waals surface area contributed by atoms with Crippen LogP contribution in [0.4, 0.5) is 5.69 Å². The van der Waals surface area contributed by atoms with Gasteiger partial charge < -0.3 is 20.8 Å². The number of morpholine rings is 1. The number of hydrogen-bond acceptors (Lipinski definition) is 6. The molecule has 8 nitrogen and oxygen atoms in total. The smallest absolute Gasteiger partial charge is 0.223 e. The topological polar surface area (TPSA) is 109 Å². The third kappa shape index (κ3) is 3.91. The molecule has 34 heavy (non-hydrogen) atoms. The number of pyridine rings is 1. The molecule has 1 saturated heterocycles. The molecule has 4 atom stereocenters. The number of nitrogens with zero attached hydrogens (tertiary/aromatic N) is 3. The first-order valence-electron chi connectivity index (χ1n) is 11.7. The van der Waals surface area contributed by atoms with E-state index in [2.05, 4.69) is 72.5 Å². The molecule has 3 aromatic rings. The van der Waals surface area contributed by atoms with Crippen molar-refractivity contribution in [2.75, 3.05) is 31.6 Å². The minimum absolute atomic E-state index is 0.0411. The van der Waals surface area contributed by atoms with E-state index in [0.717, 1.165) is 66.3 Å². The van der Waals surface area contributed by atoms with Crippen molar-refractivity contribution in [2.45, 2.75) is 19.0 Å². The molecule has 1 saturated carbocycles. The van der Waals surface area contributed by atoms with E-state index in [1.54, 1.807) is 6.20 Å². The second kappa shape index (κ2) is 8.79. The van der Waals surface area contributed by atoms with Gasteiger partial charge in [0, 0.05) is 37.4 Å². The maximum absolute atomic E-state index is 12.2. The summed E-state index contributed by atoms with van der Waals surface area (Å²) in [5.74, 6) is 0.800. The third-order valence-electron chi connectivity index (χ3n) is 7.31. The van der Waals surface area contributed by atoms with Crippen LogP contribution in [-0.4, -0.2) is 58.1 Å². The van der Waals surface area contributed by atoms with Gasteiger partial charge in [-0.2, -0.15) is 0 Å². The first kappa shape index (κ1) is 21.8. The fourth-order valence-corrected chi connectivity index (χ4v) is 5.99. The molecule has 0 spiro atoms. The molecule has 3 heterocycles. The van der Waals surface area contributed by atoms with Crippen LogP contribution in [0.15, 0.2) is 47.1 Å². The van der Waals surface area contributed by atoms with Crippen LogP contribution in [-0.2, 0) is 16.1 Å². The molecule has 9 heteroatoms. The van der Waals surface area contributed by atoms with Crippen molar-refractivity contribution in [3.8, 4) is 11.4 Å². The Hall–Kier alpha value is -2.75. The Morgan fingerprint density at radius 2 is 1.97 bits per heavy atom. The second-order valence-corrected chi connectivity index (χ2v) is 10.3. The molecular weight excluding hydrogens is 496 g/mol. The number of benzene rings is 1. The Morgan fingerprint density at radius 3 is 2.74 bits per heavy atom. The number of amides is 1. The molecule has 2 bridgehead atoms. The van der Waals surface area contributed by atoms with Crippen LogP contribution in [0.2, 0.25) is 0 Å². The molecule has 4 N–H and O–H groups in total. The molecule has 1 aromatic carbocycles. The van der Waals surface area contributed by atoms with E-state index in [4.69, 9.17) is 15.5 Å². The maximum atomic E-state index is 12.2. The van der Waals surface area contributed by atoms with Crippen molar-refractivity contribution in [2.24, 2.45) is 23.5 Å². The lowest BCUT2D eigenvalue weighted by Gasteiger charge is -2.28. The average Bonchev–Trinajstić information content (AvgIpc) is 3.57. The molecule has 6 rings (SSSR count). The van der Waals surface area contributed by atoms with Gasteiger partial charge in [-0.3, -0.25) is 9.69 Å². The molecule has 2 aromatic heterocycles. The van der Waals surface area contributed by atoms with E-state index in [9.17, 15) is 4.79 Å². The number of carbonyl (C=O) groups is 1. The summed E-state index contributed by atoms with van der Waals surface area (Å²) >= 11 is 3.64. The maximum Gasteiger partial charge on any atom is 0.223 e. The number of ether oxygens (including phenoxy) is 1. The van der Waals surface area contributed by atoms with Crippen molar-refractivity contribution >= 4 is 38.7 Å². The van der Waals surface area contributed by atoms with E-state index in [-0.39, 0.29) is 23.8 Å². The number of nitrogens with two attached hydrogens (primary N) is 1. The second-order valence-electron chi connectivity index (χ2n) is 9.40. The van der Waals surface area contributed by atoms with Crippen molar-refractivity contribution < 1.29 is 9.53 Å². The summed E-state index contributed by atoms with van der Waals surface area (Å²) in [5, 5.41) is 3.61. The van der Waals surface area contributed by atoms with Gasteiger partial charge in [0.05, 0.1) is 29.3 Å². The number of carbonyl (C=O) groups excluding carboxylic acids is 1. The Bertz CT molecular complexity index is 1250. The van der Waals surface area contributed by atoms with Gasteiger partial charge in [0.25, 0.3) is 0 Å². The number of aromatic amines is 1. The van der Waals surface area contributed by atoms with Gasteiger partial charge in [-0.25, -0.2) is 9.97 Å². The first-order valence-corrected chi connectivity index (χ1v) is 12.5. The summed E-state index contributed by atoms with van der Waals surface area (Å²) < 4.78 is 6.27. The minimum Gasteiger partial charge on any atom is -0.379 e. The number of primary amides is 1. The molecule has 1 aliphatic heterocycles. The zero-order valence-corrected chi connectivity index (χ0v) is 20.3. The van der Waals surface area contributed by atoms with Crippen LogP contribution in [0.1, 0.15) is 12.0 Å². The molecular formula is C25H27BrN6O2. The summed E-state index contributed by atoms with van der Waals surface area (Å²) in [7, 11) is 0. The number of allylic oxidation sites excluding steroid dienone is 1. The number of H-pyrrole nitrogens is 1. The van der Waals surface area contributed by atoms with E-state index in [1.165, 1.54) is 5.56 Å². The highest BCUT2D eigenvalue weighted by atomic mass is 79.9. The zero-order valence-electron chi connectivity index (χ0n) is 18.7.